The fourth-order valence-corrected chi connectivity index (χ4v) is 2.22. The fourth-order valence-electron chi connectivity index (χ4n) is 2.22. The summed E-state index contributed by atoms with van der Waals surface area (Å²) in [5.41, 5.74) is 0. The number of nitrogens with one attached hydrogen (secondary N) is 2. The lowest BCUT2D eigenvalue weighted by molar-refractivity contribution is -0.120. The molecule has 1 heterocycles. The number of amides is 1. The van der Waals surface area contributed by atoms with Gasteiger partial charge in [0.15, 0.2) is 0 Å². The molecule has 0 radical (unpaired) electrons. The zero-order valence-corrected chi connectivity index (χ0v) is 11.3. The van der Waals surface area contributed by atoms with Gasteiger partial charge in [-0.15, -0.1) is 0 Å². The van der Waals surface area contributed by atoms with Crippen LogP contribution < -0.4 is 10.6 Å². The van der Waals surface area contributed by atoms with E-state index in [0.29, 0.717) is 6.54 Å². The van der Waals surface area contributed by atoms with E-state index in [0.717, 1.165) is 25.4 Å². The van der Waals surface area contributed by atoms with Gasteiger partial charge in [0.05, 0.1) is 6.54 Å². The molecule has 0 bridgehead atoms. The van der Waals surface area contributed by atoms with Gasteiger partial charge in [-0.05, 0) is 51.4 Å². The average Bonchev–Trinajstić information content (AvgIpc) is 2.37. The molecule has 1 rings (SSSR count). The second-order valence-corrected chi connectivity index (χ2v) is 4.86. The lowest BCUT2D eigenvalue weighted by Gasteiger charge is -2.31. The SMILES string of the molecule is CCCNC(=O)CNCC1CCN(CC)CC1. The summed E-state index contributed by atoms with van der Waals surface area (Å²) >= 11 is 0. The van der Waals surface area contributed by atoms with Crippen molar-refractivity contribution in [1.82, 2.24) is 15.5 Å². The van der Waals surface area contributed by atoms with Crippen LogP contribution in [0, 0.1) is 5.92 Å². The Kier molecular flexibility index (Phi) is 7.21. The lowest BCUT2D eigenvalue weighted by atomic mass is 9.97. The molecule has 0 aromatic heterocycles. The predicted molar refractivity (Wildman–Crippen MR) is 71.0 cm³/mol. The van der Waals surface area contributed by atoms with E-state index < -0.39 is 0 Å². The maximum Gasteiger partial charge on any atom is 0.233 e. The second kappa shape index (κ2) is 8.48. The van der Waals surface area contributed by atoms with Crippen molar-refractivity contribution in [2.75, 3.05) is 39.3 Å². The Morgan fingerprint density at radius 1 is 1.29 bits per heavy atom. The number of carbonyl (C=O) groups is 1. The van der Waals surface area contributed by atoms with Gasteiger partial charge in [-0.25, -0.2) is 0 Å². The van der Waals surface area contributed by atoms with Crippen molar-refractivity contribution in [3.05, 3.63) is 0 Å². The average molecular weight is 241 g/mol. The van der Waals surface area contributed by atoms with Crippen LogP contribution in [-0.4, -0.2) is 50.1 Å². The van der Waals surface area contributed by atoms with Gasteiger partial charge < -0.3 is 15.5 Å². The van der Waals surface area contributed by atoms with E-state index in [2.05, 4.69) is 29.4 Å². The third-order valence-corrected chi connectivity index (χ3v) is 3.45. The summed E-state index contributed by atoms with van der Waals surface area (Å²) in [5.74, 6) is 0.870. The molecule has 0 spiro atoms. The van der Waals surface area contributed by atoms with E-state index in [4.69, 9.17) is 0 Å². The van der Waals surface area contributed by atoms with Gasteiger partial charge in [-0.1, -0.05) is 13.8 Å². The van der Waals surface area contributed by atoms with Gasteiger partial charge in [-0.2, -0.15) is 0 Å². The first-order chi connectivity index (χ1) is 8.26. The molecule has 1 fully saturated rings. The minimum atomic E-state index is 0.123. The summed E-state index contributed by atoms with van der Waals surface area (Å²) in [5, 5.41) is 6.14. The monoisotopic (exact) mass is 241 g/mol. The van der Waals surface area contributed by atoms with Gasteiger partial charge in [0.25, 0.3) is 0 Å². The van der Waals surface area contributed by atoms with Crippen LogP contribution in [0.2, 0.25) is 0 Å². The van der Waals surface area contributed by atoms with Crippen molar-refractivity contribution in [3.63, 3.8) is 0 Å². The third kappa shape index (κ3) is 6.03. The Labute approximate surface area is 105 Å². The van der Waals surface area contributed by atoms with Crippen LogP contribution >= 0.6 is 0 Å². The number of hydrogen-bond acceptors (Lipinski definition) is 3. The maximum atomic E-state index is 11.4. The molecule has 4 heteroatoms. The van der Waals surface area contributed by atoms with Crippen molar-refractivity contribution in [3.8, 4) is 0 Å². The Hall–Kier alpha value is -0.610. The molecule has 0 aromatic rings. The molecular formula is C13H27N3O. The number of carbonyl (C=O) groups excluding carboxylic acids is 1. The molecule has 0 atom stereocenters. The minimum Gasteiger partial charge on any atom is -0.355 e. The molecule has 4 nitrogen and oxygen atoms in total. The molecule has 0 aliphatic carbocycles. The molecule has 0 saturated carbocycles. The summed E-state index contributed by atoms with van der Waals surface area (Å²) in [6.45, 7) is 10.1. The quantitative estimate of drug-likeness (QED) is 0.694. The summed E-state index contributed by atoms with van der Waals surface area (Å²) in [6.07, 6.45) is 3.52. The number of hydrogen-bond donors (Lipinski definition) is 2. The first kappa shape index (κ1) is 14.5. The van der Waals surface area contributed by atoms with Crippen LogP contribution in [0.25, 0.3) is 0 Å². The van der Waals surface area contributed by atoms with E-state index in [1.807, 2.05) is 0 Å². The standard InChI is InChI=1S/C13H27N3O/c1-3-7-15-13(17)11-14-10-12-5-8-16(4-2)9-6-12/h12,14H,3-11H2,1-2H3,(H,15,17). The molecule has 0 aromatic carbocycles. The number of rotatable bonds is 7. The van der Waals surface area contributed by atoms with E-state index in [9.17, 15) is 4.79 Å². The Bertz CT molecular complexity index is 213. The van der Waals surface area contributed by atoms with Gasteiger partial charge >= 0.3 is 0 Å². The highest BCUT2D eigenvalue weighted by molar-refractivity contribution is 5.77. The van der Waals surface area contributed by atoms with Gasteiger partial charge in [-0.3, -0.25) is 4.79 Å². The molecule has 2 N–H and O–H groups in total. The van der Waals surface area contributed by atoms with Crippen molar-refractivity contribution in [2.45, 2.75) is 33.1 Å². The van der Waals surface area contributed by atoms with Crippen LogP contribution in [0.15, 0.2) is 0 Å². The van der Waals surface area contributed by atoms with Gasteiger partial charge in [0.2, 0.25) is 5.91 Å². The van der Waals surface area contributed by atoms with E-state index in [1.54, 1.807) is 0 Å². The highest BCUT2D eigenvalue weighted by Crippen LogP contribution is 2.15. The van der Waals surface area contributed by atoms with Crippen LogP contribution in [0.3, 0.4) is 0 Å². The Morgan fingerprint density at radius 3 is 2.59 bits per heavy atom. The van der Waals surface area contributed by atoms with Crippen LogP contribution in [0.4, 0.5) is 0 Å². The lowest BCUT2D eigenvalue weighted by Crippen LogP contribution is -2.40. The normalized spacial score (nSPS) is 18.2. The second-order valence-electron chi connectivity index (χ2n) is 4.86. The van der Waals surface area contributed by atoms with Crippen molar-refractivity contribution < 1.29 is 4.79 Å². The van der Waals surface area contributed by atoms with Gasteiger partial charge in [0.1, 0.15) is 0 Å². The molecule has 0 unspecified atom stereocenters. The molecule has 17 heavy (non-hydrogen) atoms. The van der Waals surface area contributed by atoms with Crippen LogP contribution in [0.5, 0.6) is 0 Å². The highest BCUT2D eigenvalue weighted by atomic mass is 16.1. The van der Waals surface area contributed by atoms with Crippen LogP contribution in [-0.2, 0) is 4.79 Å². The first-order valence-electron chi connectivity index (χ1n) is 6.96. The number of nitrogens with zero attached hydrogens (tertiary/aromatic N) is 1. The number of piperidine rings is 1. The van der Waals surface area contributed by atoms with Crippen molar-refractivity contribution >= 4 is 5.91 Å². The van der Waals surface area contributed by atoms with E-state index in [1.165, 1.54) is 32.5 Å². The minimum absolute atomic E-state index is 0.123. The third-order valence-electron chi connectivity index (χ3n) is 3.45. The smallest absolute Gasteiger partial charge is 0.233 e. The zero-order chi connectivity index (χ0) is 12.5. The number of likely N-dealkylation sites (tertiary alicyclic amines) is 1. The maximum absolute atomic E-state index is 11.4. The van der Waals surface area contributed by atoms with Crippen LogP contribution in [0.1, 0.15) is 33.1 Å². The largest absolute Gasteiger partial charge is 0.355 e. The fraction of sp³-hybridized carbons (Fsp3) is 0.923. The summed E-state index contributed by atoms with van der Waals surface area (Å²) < 4.78 is 0. The van der Waals surface area contributed by atoms with Crippen molar-refractivity contribution in [1.29, 1.82) is 0 Å². The Balaban J connectivity index is 2.01. The summed E-state index contributed by atoms with van der Waals surface area (Å²) in [7, 11) is 0. The predicted octanol–water partition coefficient (Wildman–Crippen LogP) is 0.834. The summed E-state index contributed by atoms with van der Waals surface area (Å²) in [4.78, 5) is 13.9. The van der Waals surface area contributed by atoms with Gasteiger partial charge in [0, 0.05) is 6.54 Å². The molecule has 1 aliphatic heterocycles. The molecule has 1 amide bonds. The molecule has 1 aliphatic rings. The highest BCUT2D eigenvalue weighted by Gasteiger charge is 2.17. The topological polar surface area (TPSA) is 44.4 Å². The molecular weight excluding hydrogens is 214 g/mol. The molecule has 100 valence electrons. The Morgan fingerprint density at radius 2 is 2.00 bits per heavy atom. The molecule has 1 saturated heterocycles. The summed E-state index contributed by atoms with van der Waals surface area (Å²) in [6, 6.07) is 0. The first-order valence-corrected chi connectivity index (χ1v) is 6.96. The van der Waals surface area contributed by atoms with E-state index >= 15 is 0 Å². The van der Waals surface area contributed by atoms with E-state index in [-0.39, 0.29) is 5.91 Å². The van der Waals surface area contributed by atoms with Crippen molar-refractivity contribution in [2.24, 2.45) is 5.92 Å². The zero-order valence-electron chi connectivity index (χ0n) is 11.3.